The molecule has 0 bridgehead atoms. The Labute approximate surface area is 203 Å². The van der Waals surface area contributed by atoms with E-state index in [-0.39, 0.29) is 17.7 Å². The van der Waals surface area contributed by atoms with Crippen LogP contribution in [0.1, 0.15) is 24.5 Å². The van der Waals surface area contributed by atoms with E-state index in [2.05, 4.69) is 0 Å². The second-order valence-corrected chi connectivity index (χ2v) is 8.04. The number of halogens is 1. The molecule has 0 radical (unpaired) electrons. The van der Waals surface area contributed by atoms with Crippen molar-refractivity contribution in [2.24, 2.45) is 0 Å². The number of ether oxygens (including phenoxy) is 3. The van der Waals surface area contributed by atoms with Gasteiger partial charge in [0.25, 0.3) is 11.8 Å². The van der Waals surface area contributed by atoms with Crippen LogP contribution in [0.5, 0.6) is 11.5 Å². The minimum absolute atomic E-state index is 0.0434. The maximum Gasteiger partial charge on any atom is 0.271 e. The summed E-state index contributed by atoms with van der Waals surface area (Å²) in [5, 5.41) is 10.2. The van der Waals surface area contributed by atoms with Crippen molar-refractivity contribution in [2.45, 2.75) is 20.0 Å². The summed E-state index contributed by atoms with van der Waals surface area (Å²) in [6.07, 6.45) is 2.13. The minimum atomic E-state index is -0.582. The number of hydrogen-bond donors (Lipinski definition) is 0. The summed E-state index contributed by atoms with van der Waals surface area (Å²) in [6, 6.07) is 14.6. The molecule has 1 aliphatic heterocycles. The third kappa shape index (κ3) is 5.66. The highest BCUT2D eigenvalue weighted by Crippen LogP contribution is 2.32. The molecule has 1 heterocycles. The van der Waals surface area contributed by atoms with Crippen LogP contribution in [0.25, 0.3) is 6.08 Å². The third-order valence-corrected chi connectivity index (χ3v) is 5.61. The number of rotatable bonds is 9. The molecule has 2 aromatic rings. The van der Waals surface area contributed by atoms with Crippen molar-refractivity contribution in [3.05, 3.63) is 75.3 Å². The number of nitrogens with zero attached hydrogens (tertiary/aromatic N) is 2. The predicted octanol–water partition coefficient (Wildman–Crippen LogP) is 4.56. The number of imide groups is 1. The van der Waals surface area contributed by atoms with Gasteiger partial charge in [-0.15, -0.1) is 0 Å². The minimum Gasteiger partial charge on any atom is -0.493 e. The molecule has 0 saturated carbocycles. The van der Waals surface area contributed by atoms with Crippen LogP contribution in [0.15, 0.2) is 59.2 Å². The van der Waals surface area contributed by atoms with Gasteiger partial charge in [0, 0.05) is 30.9 Å². The Balaban J connectivity index is 1.88. The quantitative estimate of drug-likeness (QED) is 0.297. The third-order valence-electron chi connectivity index (χ3n) is 5.36. The van der Waals surface area contributed by atoms with Crippen LogP contribution in [0.4, 0.5) is 0 Å². The van der Waals surface area contributed by atoms with E-state index in [1.54, 1.807) is 50.4 Å². The van der Waals surface area contributed by atoms with Gasteiger partial charge in [0.05, 0.1) is 7.11 Å². The molecule has 176 valence electrons. The summed E-state index contributed by atoms with van der Waals surface area (Å²) in [5.74, 6) is -0.000859. The molecule has 1 aliphatic rings. The SMILES string of the molecule is COCCCN1C(=O)C(C#N)=C(C)/C(=C\c2ccc(OCc3ccc(Cl)cc3)c(OC)c2)C1=O. The average molecular weight is 481 g/mol. The zero-order valence-electron chi connectivity index (χ0n) is 19.3. The molecule has 0 spiro atoms. The van der Waals surface area contributed by atoms with Crippen LogP contribution >= 0.6 is 11.6 Å². The van der Waals surface area contributed by atoms with E-state index >= 15 is 0 Å². The maximum atomic E-state index is 13.1. The first-order valence-electron chi connectivity index (χ1n) is 10.6. The molecule has 34 heavy (non-hydrogen) atoms. The monoisotopic (exact) mass is 480 g/mol. The van der Waals surface area contributed by atoms with Crippen LogP contribution in [-0.4, -0.2) is 44.1 Å². The molecular weight excluding hydrogens is 456 g/mol. The number of benzene rings is 2. The highest BCUT2D eigenvalue weighted by Gasteiger charge is 2.35. The van der Waals surface area contributed by atoms with Crippen molar-refractivity contribution in [1.82, 2.24) is 4.90 Å². The number of carbonyl (C=O) groups is 2. The summed E-state index contributed by atoms with van der Waals surface area (Å²) in [5.41, 5.74) is 2.21. The molecule has 2 aromatic carbocycles. The lowest BCUT2D eigenvalue weighted by atomic mass is 9.93. The first-order valence-corrected chi connectivity index (χ1v) is 11.0. The molecular formula is C26H25ClN2O5. The fourth-order valence-electron chi connectivity index (χ4n) is 3.50. The highest BCUT2D eigenvalue weighted by atomic mass is 35.5. The van der Waals surface area contributed by atoms with Gasteiger partial charge in [-0.1, -0.05) is 29.8 Å². The van der Waals surface area contributed by atoms with Gasteiger partial charge in [-0.05, 0) is 60.4 Å². The number of hydrogen-bond acceptors (Lipinski definition) is 6. The summed E-state index contributed by atoms with van der Waals surface area (Å²) in [7, 11) is 3.08. The summed E-state index contributed by atoms with van der Waals surface area (Å²) in [4.78, 5) is 26.8. The Morgan fingerprint density at radius 3 is 2.44 bits per heavy atom. The van der Waals surface area contributed by atoms with E-state index in [1.165, 1.54) is 7.11 Å². The molecule has 0 atom stereocenters. The Bertz CT molecular complexity index is 1180. The van der Waals surface area contributed by atoms with Crippen LogP contribution in [-0.2, 0) is 20.9 Å². The van der Waals surface area contributed by atoms with E-state index in [0.717, 1.165) is 10.5 Å². The first-order chi connectivity index (χ1) is 16.4. The molecule has 2 amide bonds. The van der Waals surface area contributed by atoms with Gasteiger partial charge in [-0.2, -0.15) is 5.26 Å². The van der Waals surface area contributed by atoms with Gasteiger partial charge in [-0.3, -0.25) is 14.5 Å². The summed E-state index contributed by atoms with van der Waals surface area (Å²) >= 11 is 5.92. The number of amides is 2. The predicted molar refractivity (Wildman–Crippen MR) is 128 cm³/mol. The lowest BCUT2D eigenvalue weighted by molar-refractivity contribution is -0.140. The largest absolute Gasteiger partial charge is 0.493 e. The van der Waals surface area contributed by atoms with Gasteiger partial charge in [-0.25, -0.2) is 0 Å². The topological polar surface area (TPSA) is 88.9 Å². The molecule has 7 nitrogen and oxygen atoms in total. The Morgan fingerprint density at radius 2 is 1.79 bits per heavy atom. The van der Waals surface area contributed by atoms with E-state index in [4.69, 9.17) is 25.8 Å². The van der Waals surface area contributed by atoms with Crippen molar-refractivity contribution in [1.29, 1.82) is 5.26 Å². The molecule has 0 aliphatic carbocycles. The van der Waals surface area contributed by atoms with Crippen molar-refractivity contribution in [3.63, 3.8) is 0 Å². The molecule has 8 heteroatoms. The van der Waals surface area contributed by atoms with E-state index in [1.807, 2.05) is 18.2 Å². The Kier molecular flexibility index (Phi) is 8.47. The maximum absolute atomic E-state index is 13.1. The second-order valence-electron chi connectivity index (χ2n) is 7.60. The van der Waals surface area contributed by atoms with Gasteiger partial charge in [0.1, 0.15) is 18.2 Å². The summed E-state index contributed by atoms with van der Waals surface area (Å²) in [6.45, 7) is 2.50. The van der Waals surface area contributed by atoms with Crippen molar-refractivity contribution >= 4 is 29.5 Å². The Morgan fingerprint density at radius 1 is 1.06 bits per heavy atom. The van der Waals surface area contributed by atoms with Crippen LogP contribution in [0.2, 0.25) is 5.02 Å². The van der Waals surface area contributed by atoms with Crippen LogP contribution in [0, 0.1) is 11.3 Å². The standard InChI is InChI=1S/C26H25ClN2O5/c1-17-21(25(30)29(11-4-12-32-2)26(31)22(17)15-28)13-19-7-10-23(24(14-19)33-3)34-16-18-5-8-20(27)9-6-18/h5-10,13-14H,4,11-12,16H2,1-3H3/b21-13+. The zero-order chi connectivity index (χ0) is 24.7. The van der Waals surface area contributed by atoms with Crippen LogP contribution in [0.3, 0.4) is 0 Å². The van der Waals surface area contributed by atoms with Crippen molar-refractivity contribution < 1.29 is 23.8 Å². The van der Waals surface area contributed by atoms with Crippen molar-refractivity contribution in [2.75, 3.05) is 27.4 Å². The lowest BCUT2D eigenvalue weighted by Gasteiger charge is -2.27. The molecule has 0 unspecified atom stereocenters. The van der Waals surface area contributed by atoms with Gasteiger partial charge in [0.2, 0.25) is 0 Å². The second kappa shape index (κ2) is 11.5. The average Bonchev–Trinajstić information content (AvgIpc) is 2.84. The summed E-state index contributed by atoms with van der Waals surface area (Å²) < 4.78 is 16.4. The van der Waals surface area contributed by atoms with E-state index < -0.39 is 11.8 Å². The molecule has 0 fully saturated rings. The van der Waals surface area contributed by atoms with Gasteiger partial charge < -0.3 is 14.2 Å². The number of carbonyl (C=O) groups excluding carboxylic acids is 2. The van der Waals surface area contributed by atoms with Gasteiger partial charge >= 0.3 is 0 Å². The van der Waals surface area contributed by atoms with E-state index in [0.29, 0.717) is 47.3 Å². The normalized spacial score (nSPS) is 15.0. The smallest absolute Gasteiger partial charge is 0.271 e. The first kappa shape index (κ1) is 25.0. The molecule has 0 N–H and O–H groups in total. The zero-order valence-corrected chi connectivity index (χ0v) is 20.0. The molecule has 0 saturated heterocycles. The van der Waals surface area contributed by atoms with Gasteiger partial charge in [0.15, 0.2) is 11.5 Å². The fraction of sp³-hybridized carbons (Fsp3) is 0.269. The number of nitriles is 1. The lowest BCUT2D eigenvalue weighted by Crippen LogP contribution is -2.43. The van der Waals surface area contributed by atoms with E-state index in [9.17, 15) is 14.9 Å². The Hall–Kier alpha value is -3.60. The molecule has 3 rings (SSSR count). The van der Waals surface area contributed by atoms with Crippen LogP contribution < -0.4 is 9.47 Å². The van der Waals surface area contributed by atoms with Crippen molar-refractivity contribution in [3.8, 4) is 17.6 Å². The highest BCUT2D eigenvalue weighted by molar-refractivity contribution is 6.30. The fourth-order valence-corrected chi connectivity index (χ4v) is 3.63. The number of methoxy groups -OCH3 is 2. The molecule has 0 aromatic heterocycles.